The average Bonchev–Trinajstić information content (AvgIpc) is 2.23. The molecule has 0 spiro atoms. The highest BCUT2D eigenvalue weighted by Crippen LogP contribution is 2.20. The van der Waals surface area contributed by atoms with Crippen LogP contribution in [0.2, 0.25) is 0 Å². The maximum atomic E-state index is 13.2. The lowest BCUT2D eigenvalue weighted by Crippen LogP contribution is -2.20. The fourth-order valence-electron chi connectivity index (χ4n) is 1.23. The Morgan fingerprint density at radius 2 is 2.12 bits per heavy atom. The molecule has 1 aromatic rings. The van der Waals surface area contributed by atoms with Crippen molar-refractivity contribution in [3.8, 4) is 0 Å². The van der Waals surface area contributed by atoms with E-state index in [0.29, 0.717) is 17.4 Å². The van der Waals surface area contributed by atoms with E-state index in [1.165, 1.54) is 12.1 Å². The molecule has 0 aliphatic heterocycles. The van der Waals surface area contributed by atoms with Gasteiger partial charge in [0, 0.05) is 0 Å². The van der Waals surface area contributed by atoms with Gasteiger partial charge in [-0.1, -0.05) is 0 Å². The van der Waals surface area contributed by atoms with Crippen molar-refractivity contribution in [2.45, 2.75) is 6.42 Å². The summed E-state index contributed by atoms with van der Waals surface area (Å²) in [6, 6.07) is 4.10. The van der Waals surface area contributed by atoms with E-state index in [9.17, 15) is 12.8 Å². The van der Waals surface area contributed by atoms with Gasteiger partial charge in [-0.15, -0.1) is 0 Å². The Morgan fingerprint density at radius 1 is 1.41 bits per heavy atom. The topological polar surface area (TPSA) is 58.2 Å². The Morgan fingerprint density at radius 3 is 2.71 bits per heavy atom. The Labute approximate surface area is 109 Å². The lowest BCUT2D eigenvalue weighted by molar-refractivity contribution is 0.596. The minimum absolute atomic E-state index is 0.00548. The van der Waals surface area contributed by atoms with E-state index >= 15 is 0 Å². The molecule has 17 heavy (non-hydrogen) atoms. The number of anilines is 1. The summed E-state index contributed by atoms with van der Waals surface area (Å²) in [6.07, 6.45) is 0.505. The Balaban J connectivity index is 2.66. The van der Waals surface area contributed by atoms with E-state index < -0.39 is 15.8 Å². The number of hydrogen-bond acceptors (Lipinski definition) is 3. The van der Waals surface area contributed by atoms with E-state index in [2.05, 4.69) is 26.0 Å². The quantitative estimate of drug-likeness (QED) is 0.786. The molecule has 7 heteroatoms. The number of halogens is 2. The summed E-state index contributed by atoms with van der Waals surface area (Å²) in [5.41, 5.74) is 0.232. The monoisotopic (exact) mass is 324 g/mol. The first-order valence-electron chi connectivity index (χ1n) is 5.05. The first kappa shape index (κ1) is 14.4. The van der Waals surface area contributed by atoms with Gasteiger partial charge >= 0.3 is 0 Å². The largest absolute Gasteiger partial charge is 0.320 e. The van der Waals surface area contributed by atoms with Crippen molar-refractivity contribution >= 4 is 31.6 Å². The van der Waals surface area contributed by atoms with Crippen molar-refractivity contribution in [3.63, 3.8) is 0 Å². The number of benzene rings is 1. The van der Waals surface area contributed by atoms with Gasteiger partial charge in [0.2, 0.25) is 10.0 Å². The van der Waals surface area contributed by atoms with Crippen molar-refractivity contribution in [3.05, 3.63) is 28.5 Å². The second-order valence-corrected chi connectivity index (χ2v) is 6.20. The van der Waals surface area contributed by atoms with E-state index in [1.807, 2.05) is 0 Å². The summed E-state index contributed by atoms with van der Waals surface area (Å²) >= 11 is 3.00. The molecule has 0 aliphatic carbocycles. The van der Waals surface area contributed by atoms with Gasteiger partial charge in [0.1, 0.15) is 5.82 Å². The second-order valence-electron chi connectivity index (χ2n) is 3.51. The minimum Gasteiger partial charge on any atom is -0.320 e. The van der Waals surface area contributed by atoms with E-state index in [4.69, 9.17) is 0 Å². The van der Waals surface area contributed by atoms with Gasteiger partial charge in [-0.25, -0.2) is 12.8 Å². The summed E-state index contributed by atoms with van der Waals surface area (Å²) in [5, 5.41) is 2.86. The maximum Gasteiger partial charge on any atom is 0.232 e. The summed E-state index contributed by atoms with van der Waals surface area (Å²) < 4.78 is 39.0. The lowest BCUT2D eigenvalue weighted by Gasteiger charge is -2.08. The summed E-state index contributed by atoms with van der Waals surface area (Å²) in [5.74, 6) is -0.494. The first-order chi connectivity index (χ1) is 7.94. The van der Waals surface area contributed by atoms with Crippen LogP contribution in [0.5, 0.6) is 0 Å². The normalized spacial score (nSPS) is 11.5. The summed E-state index contributed by atoms with van der Waals surface area (Å²) in [6.45, 7) is 0.621. The number of hydrogen-bond donors (Lipinski definition) is 2. The van der Waals surface area contributed by atoms with Gasteiger partial charge < -0.3 is 5.32 Å². The van der Waals surface area contributed by atoms with Crippen LogP contribution in [0.4, 0.5) is 10.1 Å². The Bertz CT molecular complexity index is 479. The zero-order chi connectivity index (χ0) is 12.9. The molecule has 1 rings (SSSR count). The number of sulfonamides is 1. The van der Waals surface area contributed by atoms with Gasteiger partial charge in [-0.3, -0.25) is 4.72 Å². The molecule has 0 fully saturated rings. The van der Waals surface area contributed by atoms with Crippen LogP contribution >= 0.6 is 15.9 Å². The molecular formula is C10H14BrFN2O2S. The van der Waals surface area contributed by atoms with Gasteiger partial charge in [0.25, 0.3) is 0 Å². The zero-order valence-corrected chi connectivity index (χ0v) is 11.7. The molecule has 4 nitrogen and oxygen atoms in total. The third-order valence-corrected chi connectivity index (χ3v) is 4.05. The van der Waals surface area contributed by atoms with E-state index in [0.717, 1.165) is 6.07 Å². The standard InChI is InChI=1S/C10H14BrFN2O2S/c1-13-5-2-6-17(15,16)14-8-3-4-9(11)10(12)7-8/h3-4,7,13-14H,2,5-6H2,1H3. The van der Waals surface area contributed by atoms with Crippen LogP contribution in [-0.4, -0.2) is 27.8 Å². The van der Waals surface area contributed by atoms with Gasteiger partial charge in [0.15, 0.2) is 0 Å². The zero-order valence-electron chi connectivity index (χ0n) is 9.33. The van der Waals surface area contributed by atoms with Crippen molar-refractivity contribution in [2.75, 3.05) is 24.1 Å². The number of nitrogens with one attached hydrogen (secondary N) is 2. The first-order valence-corrected chi connectivity index (χ1v) is 7.49. The second kappa shape index (κ2) is 6.32. The van der Waals surface area contributed by atoms with Crippen molar-refractivity contribution in [2.24, 2.45) is 0 Å². The third-order valence-electron chi connectivity index (χ3n) is 2.03. The molecule has 0 unspecified atom stereocenters. The smallest absolute Gasteiger partial charge is 0.232 e. The van der Waals surface area contributed by atoms with Crippen LogP contribution in [0, 0.1) is 5.82 Å². The highest BCUT2D eigenvalue weighted by Gasteiger charge is 2.10. The molecule has 0 atom stereocenters. The lowest BCUT2D eigenvalue weighted by atomic mass is 10.3. The summed E-state index contributed by atoms with van der Waals surface area (Å²) in [4.78, 5) is 0. The van der Waals surface area contributed by atoms with Crippen LogP contribution in [0.25, 0.3) is 0 Å². The van der Waals surface area contributed by atoms with Gasteiger partial charge in [-0.2, -0.15) is 0 Å². The van der Waals surface area contributed by atoms with Crippen molar-refractivity contribution < 1.29 is 12.8 Å². The van der Waals surface area contributed by atoms with Gasteiger partial charge in [0.05, 0.1) is 15.9 Å². The molecule has 0 amide bonds. The predicted molar refractivity (Wildman–Crippen MR) is 70.1 cm³/mol. The molecular weight excluding hydrogens is 311 g/mol. The minimum atomic E-state index is -3.41. The fraction of sp³-hybridized carbons (Fsp3) is 0.400. The average molecular weight is 325 g/mol. The Hall–Kier alpha value is -0.660. The van der Waals surface area contributed by atoms with Crippen LogP contribution < -0.4 is 10.0 Å². The van der Waals surface area contributed by atoms with E-state index in [1.54, 1.807) is 7.05 Å². The highest BCUT2D eigenvalue weighted by atomic mass is 79.9. The molecule has 0 aliphatic rings. The Kier molecular flexibility index (Phi) is 5.35. The SMILES string of the molecule is CNCCCS(=O)(=O)Nc1ccc(Br)c(F)c1. The van der Waals surface area contributed by atoms with E-state index in [-0.39, 0.29) is 11.4 Å². The molecule has 0 saturated carbocycles. The highest BCUT2D eigenvalue weighted by molar-refractivity contribution is 9.10. The molecule has 0 bridgehead atoms. The fourth-order valence-corrected chi connectivity index (χ4v) is 2.59. The predicted octanol–water partition coefficient (Wildman–Crippen LogP) is 1.94. The molecule has 0 saturated heterocycles. The van der Waals surface area contributed by atoms with Crippen LogP contribution in [0.3, 0.4) is 0 Å². The molecule has 96 valence electrons. The molecule has 0 radical (unpaired) electrons. The van der Waals surface area contributed by atoms with Crippen LogP contribution in [0.15, 0.2) is 22.7 Å². The summed E-state index contributed by atoms with van der Waals surface area (Å²) in [7, 11) is -1.65. The molecule has 0 heterocycles. The maximum absolute atomic E-state index is 13.2. The third kappa shape index (κ3) is 5.01. The van der Waals surface area contributed by atoms with Crippen LogP contribution in [-0.2, 0) is 10.0 Å². The van der Waals surface area contributed by atoms with Crippen LogP contribution in [0.1, 0.15) is 6.42 Å². The van der Waals surface area contributed by atoms with Gasteiger partial charge in [-0.05, 0) is 54.1 Å². The number of rotatable bonds is 6. The molecule has 2 N–H and O–H groups in total. The molecule has 0 aromatic heterocycles. The van der Waals surface area contributed by atoms with Crippen molar-refractivity contribution in [1.82, 2.24) is 5.32 Å². The van der Waals surface area contributed by atoms with Crippen molar-refractivity contribution in [1.29, 1.82) is 0 Å². The molecule has 1 aromatic carbocycles.